The molecule has 0 spiro atoms. The lowest BCUT2D eigenvalue weighted by molar-refractivity contribution is -0.114. The summed E-state index contributed by atoms with van der Waals surface area (Å²) in [5.41, 5.74) is 1.59. The van der Waals surface area contributed by atoms with E-state index >= 15 is 0 Å². The molecule has 0 bridgehead atoms. The van der Waals surface area contributed by atoms with Crippen LogP contribution in [0.15, 0.2) is 58.4 Å². The number of amidine groups is 1. The lowest BCUT2D eigenvalue weighted by Gasteiger charge is -2.20. The molecule has 1 aliphatic rings. The summed E-state index contributed by atoms with van der Waals surface area (Å²) in [6.07, 6.45) is 0. The van der Waals surface area contributed by atoms with E-state index in [0.29, 0.717) is 34.7 Å². The summed E-state index contributed by atoms with van der Waals surface area (Å²) in [6.45, 7) is 2.15. The number of carbonyl (C=O) groups excluding carboxylic acids is 1. The van der Waals surface area contributed by atoms with E-state index in [9.17, 15) is 13.2 Å². The van der Waals surface area contributed by atoms with Crippen molar-refractivity contribution in [2.75, 3.05) is 18.4 Å². The topological polar surface area (TPSA) is 78.8 Å². The number of hydrogen-bond donors (Lipinski definition) is 1. The Labute approximate surface area is 167 Å². The maximum Gasteiger partial charge on any atom is 0.265 e. The predicted molar refractivity (Wildman–Crippen MR) is 110 cm³/mol. The highest BCUT2D eigenvalue weighted by Crippen LogP contribution is 2.26. The summed E-state index contributed by atoms with van der Waals surface area (Å²) >= 11 is 7.27. The van der Waals surface area contributed by atoms with Gasteiger partial charge in [0.05, 0.1) is 18.0 Å². The van der Waals surface area contributed by atoms with E-state index < -0.39 is 10.0 Å². The molecule has 0 aliphatic carbocycles. The SMILES string of the molecule is CC(=O)Nc1ccc(S(=O)(=O)N2CCN=C2SCc2ccc(Cl)cc2)cc1. The Morgan fingerprint density at radius 3 is 2.48 bits per heavy atom. The zero-order chi connectivity index (χ0) is 19.4. The number of nitrogens with one attached hydrogen (secondary N) is 1. The Morgan fingerprint density at radius 2 is 1.85 bits per heavy atom. The van der Waals surface area contributed by atoms with Crippen LogP contribution in [0.5, 0.6) is 0 Å². The molecule has 0 fully saturated rings. The summed E-state index contributed by atoms with van der Waals surface area (Å²) in [4.78, 5) is 15.6. The van der Waals surface area contributed by atoms with Crippen LogP contribution in [-0.4, -0.2) is 36.9 Å². The van der Waals surface area contributed by atoms with E-state index in [0.717, 1.165) is 5.56 Å². The van der Waals surface area contributed by atoms with Crippen molar-refractivity contribution < 1.29 is 13.2 Å². The quantitative estimate of drug-likeness (QED) is 0.796. The molecule has 0 saturated carbocycles. The van der Waals surface area contributed by atoms with Crippen LogP contribution in [0, 0.1) is 0 Å². The van der Waals surface area contributed by atoms with Crippen molar-refractivity contribution in [1.29, 1.82) is 0 Å². The minimum Gasteiger partial charge on any atom is -0.326 e. The highest BCUT2D eigenvalue weighted by molar-refractivity contribution is 8.14. The van der Waals surface area contributed by atoms with Gasteiger partial charge in [-0.05, 0) is 42.0 Å². The summed E-state index contributed by atoms with van der Waals surface area (Å²) in [5.74, 6) is 0.391. The molecule has 3 rings (SSSR count). The fourth-order valence-electron chi connectivity index (χ4n) is 2.52. The molecule has 0 saturated heterocycles. The smallest absolute Gasteiger partial charge is 0.265 e. The van der Waals surface area contributed by atoms with Gasteiger partial charge >= 0.3 is 0 Å². The molecule has 1 amide bonds. The van der Waals surface area contributed by atoms with Crippen LogP contribution in [0.4, 0.5) is 5.69 Å². The highest BCUT2D eigenvalue weighted by atomic mass is 35.5. The van der Waals surface area contributed by atoms with Crippen LogP contribution in [0.2, 0.25) is 5.02 Å². The van der Waals surface area contributed by atoms with Gasteiger partial charge in [-0.2, -0.15) is 0 Å². The largest absolute Gasteiger partial charge is 0.326 e. The molecule has 0 radical (unpaired) electrons. The van der Waals surface area contributed by atoms with E-state index in [2.05, 4.69) is 10.3 Å². The summed E-state index contributed by atoms with van der Waals surface area (Å²) in [5, 5.41) is 3.76. The maximum absolute atomic E-state index is 13.0. The number of amides is 1. The Hall–Kier alpha value is -2.03. The Kier molecular flexibility index (Phi) is 6.08. The Morgan fingerprint density at radius 1 is 1.19 bits per heavy atom. The number of sulfonamides is 1. The van der Waals surface area contributed by atoms with Crippen molar-refractivity contribution >= 4 is 50.1 Å². The van der Waals surface area contributed by atoms with Crippen molar-refractivity contribution in [3.05, 3.63) is 59.1 Å². The molecule has 0 unspecified atom stereocenters. The van der Waals surface area contributed by atoms with Crippen molar-refractivity contribution in [2.45, 2.75) is 17.6 Å². The van der Waals surface area contributed by atoms with Crippen molar-refractivity contribution in [2.24, 2.45) is 4.99 Å². The zero-order valence-corrected chi connectivity index (χ0v) is 16.9. The lowest BCUT2D eigenvalue weighted by Crippen LogP contribution is -2.32. The summed E-state index contributed by atoms with van der Waals surface area (Å²) in [6, 6.07) is 13.5. The maximum atomic E-state index is 13.0. The molecular weight excluding hydrogens is 406 g/mol. The number of aliphatic imine (C=N–C) groups is 1. The Balaban J connectivity index is 1.72. The molecule has 27 heavy (non-hydrogen) atoms. The van der Waals surface area contributed by atoms with Gasteiger partial charge in [0.15, 0.2) is 5.17 Å². The monoisotopic (exact) mass is 423 g/mol. The second-order valence-electron chi connectivity index (χ2n) is 5.86. The van der Waals surface area contributed by atoms with Crippen molar-refractivity contribution in [3.8, 4) is 0 Å². The van der Waals surface area contributed by atoms with E-state index in [-0.39, 0.29) is 10.8 Å². The van der Waals surface area contributed by atoms with Crippen molar-refractivity contribution in [3.63, 3.8) is 0 Å². The first-order valence-electron chi connectivity index (χ1n) is 8.18. The molecular formula is C18H18ClN3O3S2. The van der Waals surface area contributed by atoms with Crippen LogP contribution in [0.1, 0.15) is 12.5 Å². The van der Waals surface area contributed by atoms with E-state index in [1.807, 2.05) is 12.1 Å². The molecule has 0 atom stereocenters. The minimum absolute atomic E-state index is 0.165. The number of carbonyl (C=O) groups is 1. The number of benzene rings is 2. The van der Waals surface area contributed by atoms with Gasteiger partial charge in [-0.25, -0.2) is 12.7 Å². The number of thioether (sulfide) groups is 1. The van der Waals surface area contributed by atoms with Gasteiger partial charge < -0.3 is 5.32 Å². The number of nitrogens with zero attached hydrogens (tertiary/aromatic N) is 2. The molecule has 1 N–H and O–H groups in total. The molecule has 2 aromatic rings. The minimum atomic E-state index is -3.70. The second-order valence-corrected chi connectivity index (χ2v) is 9.10. The van der Waals surface area contributed by atoms with Gasteiger partial charge in [0, 0.05) is 23.4 Å². The average molecular weight is 424 g/mol. The van der Waals surface area contributed by atoms with E-state index in [1.54, 1.807) is 24.3 Å². The first kappa shape index (κ1) is 19.7. The van der Waals surface area contributed by atoms with Gasteiger partial charge in [0.25, 0.3) is 10.0 Å². The molecule has 142 valence electrons. The third-order valence-corrected chi connectivity index (χ3v) is 7.06. The third kappa shape index (κ3) is 4.82. The van der Waals surface area contributed by atoms with E-state index in [1.165, 1.54) is 35.1 Å². The summed E-state index contributed by atoms with van der Waals surface area (Å²) < 4.78 is 27.3. The molecule has 1 aliphatic heterocycles. The number of anilines is 1. The van der Waals surface area contributed by atoms with Gasteiger partial charge in [0.2, 0.25) is 5.91 Å². The number of halogens is 1. The predicted octanol–water partition coefficient (Wildman–Crippen LogP) is 3.59. The molecule has 2 aromatic carbocycles. The first-order valence-corrected chi connectivity index (χ1v) is 11.0. The number of hydrogen-bond acceptors (Lipinski definition) is 5. The Bertz CT molecular complexity index is 958. The van der Waals surface area contributed by atoms with Crippen LogP contribution in [-0.2, 0) is 20.6 Å². The number of rotatable bonds is 5. The highest BCUT2D eigenvalue weighted by Gasteiger charge is 2.30. The fraction of sp³-hybridized carbons (Fsp3) is 0.222. The van der Waals surface area contributed by atoms with Crippen molar-refractivity contribution in [1.82, 2.24) is 4.31 Å². The van der Waals surface area contributed by atoms with Gasteiger partial charge in [-0.15, -0.1) is 0 Å². The fourth-order valence-corrected chi connectivity index (χ4v) is 5.33. The second kappa shape index (κ2) is 8.33. The van der Waals surface area contributed by atoms with Gasteiger partial charge in [0.1, 0.15) is 0 Å². The molecule has 6 nitrogen and oxygen atoms in total. The molecule has 0 aromatic heterocycles. The molecule has 9 heteroatoms. The average Bonchev–Trinajstić information content (AvgIpc) is 3.11. The normalized spacial score (nSPS) is 14.1. The first-order chi connectivity index (χ1) is 12.9. The van der Waals surface area contributed by atoms with Gasteiger partial charge in [-0.1, -0.05) is 35.5 Å². The molecule has 1 heterocycles. The lowest BCUT2D eigenvalue weighted by atomic mass is 10.2. The van der Waals surface area contributed by atoms with E-state index in [4.69, 9.17) is 11.6 Å². The van der Waals surface area contributed by atoms with Crippen LogP contribution in [0.3, 0.4) is 0 Å². The third-order valence-electron chi connectivity index (χ3n) is 3.81. The van der Waals surface area contributed by atoms with Crippen LogP contribution >= 0.6 is 23.4 Å². The summed E-state index contributed by atoms with van der Waals surface area (Å²) in [7, 11) is -3.70. The van der Waals surface area contributed by atoms with Crippen LogP contribution < -0.4 is 5.32 Å². The standard InChI is InChI=1S/C18H18ClN3O3S2/c1-13(23)21-16-6-8-17(9-7-16)27(24,25)22-11-10-20-18(22)26-12-14-2-4-15(19)5-3-14/h2-9H,10-12H2,1H3,(H,21,23). The van der Waals surface area contributed by atoms with Gasteiger partial charge in [-0.3, -0.25) is 9.79 Å². The zero-order valence-electron chi connectivity index (χ0n) is 14.6. The van der Waals surface area contributed by atoms with Crippen LogP contribution in [0.25, 0.3) is 0 Å².